The topological polar surface area (TPSA) is 72.9 Å². The first kappa shape index (κ1) is 22.2. The maximum atomic E-state index is 12.8. The van der Waals surface area contributed by atoms with Crippen molar-refractivity contribution in [3.8, 4) is 11.5 Å². The molecule has 1 saturated carbocycles. The molecule has 1 fully saturated rings. The van der Waals surface area contributed by atoms with Crippen LogP contribution in [0.1, 0.15) is 45.1 Å². The molecule has 1 atom stereocenters. The average Bonchev–Trinajstić information content (AvgIpc) is 2.71. The molecule has 3 rings (SSSR count). The SMILES string of the molecule is CCC(C)N(Cc1ccc(OS(=O)(=O)c2ccc(OC)cc2)cc1)C(=O)C1CCC1. The molecular weight excluding hydrogens is 402 g/mol. The van der Waals surface area contributed by atoms with Crippen molar-refractivity contribution in [3.05, 3.63) is 54.1 Å². The van der Waals surface area contributed by atoms with Gasteiger partial charge in [-0.2, -0.15) is 8.42 Å². The third-order valence-corrected chi connectivity index (χ3v) is 6.95. The summed E-state index contributed by atoms with van der Waals surface area (Å²) >= 11 is 0. The second kappa shape index (κ2) is 9.51. The van der Waals surface area contributed by atoms with Crippen molar-refractivity contribution in [2.24, 2.45) is 5.92 Å². The highest BCUT2D eigenvalue weighted by molar-refractivity contribution is 7.87. The Morgan fingerprint density at radius 2 is 1.67 bits per heavy atom. The van der Waals surface area contributed by atoms with E-state index in [0.29, 0.717) is 12.3 Å². The molecule has 162 valence electrons. The number of carbonyl (C=O) groups excluding carboxylic acids is 1. The van der Waals surface area contributed by atoms with Crippen LogP contribution in [0.15, 0.2) is 53.4 Å². The van der Waals surface area contributed by atoms with Gasteiger partial charge in [-0.15, -0.1) is 0 Å². The van der Waals surface area contributed by atoms with E-state index in [1.807, 2.05) is 17.0 Å². The summed E-state index contributed by atoms with van der Waals surface area (Å²) in [5.41, 5.74) is 0.942. The first-order chi connectivity index (χ1) is 14.3. The van der Waals surface area contributed by atoms with Crippen molar-refractivity contribution in [3.63, 3.8) is 0 Å². The molecular formula is C23H29NO5S. The van der Waals surface area contributed by atoms with Crippen LogP contribution in [0.5, 0.6) is 11.5 Å². The molecule has 6 nitrogen and oxygen atoms in total. The van der Waals surface area contributed by atoms with Crippen molar-refractivity contribution < 1.29 is 22.1 Å². The van der Waals surface area contributed by atoms with Crippen molar-refractivity contribution in [2.75, 3.05) is 7.11 Å². The molecule has 0 heterocycles. The highest BCUT2D eigenvalue weighted by atomic mass is 32.2. The average molecular weight is 432 g/mol. The van der Waals surface area contributed by atoms with Crippen molar-refractivity contribution in [1.82, 2.24) is 4.90 Å². The van der Waals surface area contributed by atoms with E-state index in [1.165, 1.54) is 19.2 Å². The molecule has 1 amide bonds. The van der Waals surface area contributed by atoms with E-state index >= 15 is 0 Å². The van der Waals surface area contributed by atoms with Gasteiger partial charge in [0.2, 0.25) is 5.91 Å². The van der Waals surface area contributed by atoms with Gasteiger partial charge in [0.1, 0.15) is 16.4 Å². The van der Waals surface area contributed by atoms with Gasteiger partial charge in [0.05, 0.1) is 7.11 Å². The Hall–Kier alpha value is -2.54. The molecule has 0 spiro atoms. The Labute approximate surface area is 178 Å². The van der Waals surface area contributed by atoms with E-state index in [-0.39, 0.29) is 28.5 Å². The lowest BCUT2D eigenvalue weighted by atomic mass is 9.84. The van der Waals surface area contributed by atoms with Gasteiger partial charge in [0.25, 0.3) is 0 Å². The summed E-state index contributed by atoms with van der Waals surface area (Å²) in [4.78, 5) is 14.8. The zero-order chi connectivity index (χ0) is 21.7. The van der Waals surface area contributed by atoms with Crippen LogP contribution in [-0.2, 0) is 21.5 Å². The minimum absolute atomic E-state index is 0.0569. The molecule has 0 bridgehead atoms. The Kier molecular flexibility index (Phi) is 7.02. The Bertz CT molecular complexity index is 950. The molecule has 7 heteroatoms. The Morgan fingerprint density at radius 1 is 1.07 bits per heavy atom. The van der Waals surface area contributed by atoms with Crippen LogP contribution >= 0.6 is 0 Å². The summed E-state index contributed by atoms with van der Waals surface area (Å²) in [6, 6.07) is 13.0. The maximum absolute atomic E-state index is 12.8. The summed E-state index contributed by atoms with van der Waals surface area (Å²) in [6.45, 7) is 4.65. The van der Waals surface area contributed by atoms with Gasteiger partial charge in [-0.3, -0.25) is 4.79 Å². The summed E-state index contributed by atoms with van der Waals surface area (Å²) in [5.74, 6) is 1.17. The smallest absolute Gasteiger partial charge is 0.339 e. The third-order valence-electron chi connectivity index (χ3n) is 5.69. The third kappa shape index (κ3) is 5.14. The van der Waals surface area contributed by atoms with E-state index < -0.39 is 10.1 Å². The highest BCUT2D eigenvalue weighted by Crippen LogP contribution is 2.30. The lowest BCUT2D eigenvalue weighted by molar-refractivity contribution is -0.141. The van der Waals surface area contributed by atoms with Gasteiger partial charge in [-0.05, 0) is 68.1 Å². The first-order valence-corrected chi connectivity index (χ1v) is 11.7. The molecule has 0 radical (unpaired) electrons. The van der Waals surface area contributed by atoms with Crippen molar-refractivity contribution in [2.45, 2.75) is 57.0 Å². The summed E-state index contributed by atoms with van der Waals surface area (Å²) in [6.07, 6.45) is 3.96. The standard InChI is InChI=1S/C23H29NO5S/c1-4-17(2)24(23(25)19-6-5-7-19)16-18-8-10-21(11-9-18)29-30(26,27)22-14-12-20(28-3)13-15-22/h8-15,17,19H,4-7,16H2,1-3H3. The number of hydrogen-bond donors (Lipinski definition) is 0. The van der Waals surface area contributed by atoms with Gasteiger partial charge < -0.3 is 13.8 Å². The number of benzene rings is 2. The molecule has 30 heavy (non-hydrogen) atoms. The number of hydrogen-bond acceptors (Lipinski definition) is 5. The first-order valence-electron chi connectivity index (χ1n) is 10.3. The normalized spacial score (nSPS) is 15.2. The van der Waals surface area contributed by atoms with E-state index in [2.05, 4.69) is 13.8 Å². The molecule has 2 aromatic carbocycles. The molecule has 0 aromatic heterocycles. The minimum atomic E-state index is -3.93. The Balaban J connectivity index is 1.69. The quantitative estimate of drug-likeness (QED) is 0.551. The van der Waals surface area contributed by atoms with E-state index in [0.717, 1.165) is 31.2 Å². The Morgan fingerprint density at radius 3 is 2.17 bits per heavy atom. The van der Waals surface area contributed by atoms with Crippen LogP contribution in [0.3, 0.4) is 0 Å². The van der Waals surface area contributed by atoms with Gasteiger partial charge in [-0.25, -0.2) is 0 Å². The highest BCUT2D eigenvalue weighted by Gasteiger charge is 2.31. The number of nitrogens with zero attached hydrogens (tertiary/aromatic N) is 1. The minimum Gasteiger partial charge on any atom is -0.497 e. The summed E-state index contributed by atoms with van der Waals surface area (Å²) in [5, 5.41) is 0. The fourth-order valence-electron chi connectivity index (χ4n) is 3.33. The van der Waals surface area contributed by atoms with E-state index in [1.54, 1.807) is 24.3 Å². The maximum Gasteiger partial charge on any atom is 0.339 e. The second-order valence-corrected chi connectivity index (χ2v) is 9.25. The number of carbonyl (C=O) groups is 1. The predicted octanol–water partition coefficient (Wildman–Crippen LogP) is 4.39. The zero-order valence-corrected chi connectivity index (χ0v) is 18.5. The number of methoxy groups -OCH3 is 1. The molecule has 0 saturated heterocycles. The van der Waals surface area contributed by atoms with Crippen molar-refractivity contribution in [1.29, 1.82) is 0 Å². The monoisotopic (exact) mass is 431 g/mol. The lowest BCUT2D eigenvalue weighted by Crippen LogP contribution is -2.43. The van der Waals surface area contributed by atoms with Gasteiger partial charge in [0.15, 0.2) is 0 Å². The number of rotatable bonds is 9. The van der Waals surface area contributed by atoms with Crippen LogP contribution in [0.2, 0.25) is 0 Å². The van der Waals surface area contributed by atoms with Crippen LogP contribution in [-0.4, -0.2) is 32.4 Å². The van der Waals surface area contributed by atoms with Crippen LogP contribution in [0, 0.1) is 5.92 Å². The van der Waals surface area contributed by atoms with E-state index in [4.69, 9.17) is 8.92 Å². The fourth-order valence-corrected chi connectivity index (χ4v) is 4.26. The molecule has 1 aliphatic carbocycles. The largest absolute Gasteiger partial charge is 0.497 e. The number of ether oxygens (including phenoxy) is 1. The molecule has 0 N–H and O–H groups in total. The fraction of sp³-hybridized carbons (Fsp3) is 0.435. The van der Waals surface area contributed by atoms with Crippen LogP contribution < -0.4 is 8.92 Å². The predicted molar refractivity (Wildman–Crippen MR) is 115 cm³/mol. The summed E-state index contributed by atoms with van der Waals surface area (Å²) in [7, 11) is -2.41. The van der Waals surface area contributed by atoms with Crippen LogP contribution in [0.4, 0.5) is 0 Å². The van der Waals surface area contributed by atoms with E-state index in [9.17, 15) is 13.2 Å². The summed E-state index contributed by atoms with van der Waals surface area (Å²) < 4.78 is 35.3. The van der Waals surface area contributed by atoms with Gasteiger partial charge in [0, 0.05) is 18.5 Å². The van der Waals surface area contributed by atoms with Crippen molar-refractivity contribution >= 4 is 16.0 Å². The molecule has 1 unspecified atom stereocenters. The van der Waals surface area contributed by atoms with Crippen LogP contribution in [0.25, 0.3) is 0 Å². The second-order valence-electron chi connectivity index (χ2n) is 7.71. The number of amides is 1. The molecule has 0 aliphatic heterocycles. The van der Waals surface area contributed by atoms with Gasteiger partial charge >= 0.3 is 10.1 Å². The lowest BCUT2D eigenvalue weighted by Gasteiger charge is -2.35. The van der Waals surface area contributed by atoms with Gasteiger partial charge in [-0.1, -0.05) is 25.5 Å². The molecule has 1 aliphatic rings. The molecule has 2 aromatic rings. The zero-order valence-electron chi connectivity index (χ0n) is 17.7.